The fourth-order valence-corrected chi connectivity index (χ4v) is 4.42. The molecule has 2 aliphatic carbocycles. The molecule has 0 radical (unpaired) electrons. The first-order valence-corrected chi connectivity index (χ1v) is 14.4. The Balaban J connectivity index is 2.03. The lowest BCUT2D eigenvalue weighted by atomic mass is 9.82. The smallest absolute Gasteiger partial charge is 0.460 e. The van der Waals surface area contributed by atoms with Crippen LogP contribution in [0.1, 0.15) is 24.8 Å². The van der Waals surface area contributed by atoms with E-state index >= 15 is 0 Å². The van der Waals surface area contributed by atoms with Crippen LogP contribution in [0.4, 0.5) is 48.3 Å². The predicted molar refractivity (Wildman–Crippen MR) is 158 cm³/mol. The zero-order chi connectivity index (χ0) is 36.6. The van der Waals surface area contributed by atoms with Gasteiger partial charge in [-0.2, -0.15) is 30.7 Å². The van der Waals surface area contributed by atoms with Crippen molar-refractivity contribution in [3.63, 3.8) is 0 Å². The second kappa shape index (κ2) is 15.8. The first kappa shape index (κ1) is 38.9. The standard InChI is InChI=1S/C34H30F11NO3/c1-21(16-27(35)13-15-49-34(44,45)30(37)38)31(18-23-8-4-3-5-9-23,46-29(47)24-10-6-11-25(17-24)33(41,42)43)14-7-12-28(36)22(2)48-20-26-19-32(26,39)40/h3-5,7-9,11-17,26,30H,1-2,6,10,18-20H2,(H,46,47)/b14-7+,15-13+,27-16+,28-12+/t26?,31-/m0/s1. The maximum atomic E-state index is 14.9. The Morgan fingerprint density at radius 1 is 1.08 bits per heavy atom. The van der Waals surface area contributed by atoms with Crippen LogP contribution in [-0.4, -0.2) is 42.7 Å². The van der Waals surface area contributed by atoms with E-state index in [-0.39, 0.29) is 42.7 Å². The van der Waals surface area contributed by atoms with Crippen LogP contribution in [0, 0.1) is 5.92 Å². The van der Waals surface area contributed by atoms with Crippen LogP contribution in [0.15, 0.2) is 126 Å². The minimum atomic E-state index is -4.94. The Labute approximate surface area is 274 Å². The highest BCUT2D eigenvalue weighted by Crippen LogP contribution is 2.49. The largest absolute Gasteiger partial charge is 0.491 e. The molecule has 2 aliphatic rings. The minimum absolute atomic E-state index is 0.0440. The molecule has 0 heterocycles. The first-order valence-electron chi connectivity index (χ1n) is 14.4. The van der Waals surface area contributed by atoms with Crippen LogP contribution in [0.25, 0.3) is 0 Å². The van der Waals surface area contributed by atoms with Crippen LogP contribution in [0.3, 0.4) is 0 Å². The molecule has 266 valence electrons. The van der Waals surface area contributed by atoms with E-state index in [1.807, 2.05) is 0 Å². The molecule has 4 nitrogen and oxygen atoms in total. The van der Waals surface area contributed by atoms with Gasteiger partial charge in [0.25, 0.3) is 5.92 Å². The van der Waals surface area contributed by atoms with Crippen LogP contribution < -0.4 is 5.32 Å². The highest BCUT2D eigenvalue weighted by molar-refractivity contribution is 5.95. The molecule has 1 amide bonds. The summed E-state index contributed by atoms with van der Waals surface area (Å²) in [6.07, 6.45) is -9.78. The SMILES string of the molecule is C=C(OCC1CC1(F)F)/C(F)=C\C=C\[C@@](Cc1ccccc1)(NC(=O)C1=CC(C(F)(F)F)=CCC1)C(=C)/C=C(F)\C=C\OC(F)(F)C(F)F. The summed E-state index contributed by atoms with van der Waals surface area (Å²) < 4.78 is 156. The molecule has 3 rings (SSSR count). The van der Waals surface area contributed by atoms with Crippen molar-refractivity contribution < 1.29 is 62.6 Å². The summed E-state index contributed by atoms with van der Waals surface area (Å²) in [7, 11) is 0. The van der Waals surface area contributed by atoms with Crippen LogP contribution in [-0.2, 0) is 20.7 Å². The van der Waals surface area contributed by atoms with Crippen molar-refractivity contribution in [3.8, 4) is 0 Å². The maximum Gasteiger partial charge on any atom is 0.460 e. The van der Waals surface area contributed by atoms with Gasteiger partial charge in [0.15, 0.2) is 5.83 Å². The molecular formula is C34H30F11NO3. The van der Waals surface area contributed by atoms with Crippen molar-refractivity contribution >= 4 is 5.91 Å². The van der Waals surface area contributed by atoms with Crippen molar-refractivity contribution in [1.29, 1.82) is 0 Å². The normalized spacial score (nSPS) is 19.7. The van der Waals surface area contributed by atoms with Gasteiger partial charge in [0.05, 0.1) is 29.9 Å². The molecule has 1 saturated carbocycles. The average Bonchev–Trinajstić information content (AvgIpc) is 3.65. The summed E-state index contributed by atoms with van der Waals surface area (Å²) >= 11 is 0. The Morgan fingerprint density at radius 2 is 1.73 bits per heavy atom. The highest BCUT2D eigenvalue weighted by Gasteiger charge is 2.57. The summed E-state index contributed by atoms with van der Waals surface area (Å²) in [5.41, 5.74) is -3.32. The van der Waals surface area contributed by atoms with E-state index in [0.29, 0.717) is 17.7 Å². The van der Waals surface area contributed by atoms with E-state index in [1.165, 1.54) is 0 Å². The van der Waals surface area contributed by atoms with Gasteiger partial charge in [-0.3, -0.25) is 4.79 Å². The molecule has 0 saturated heterocycles. The number of nitrogens with one attached hydrogen (secondary N) is 1. The molecule has 1 aromatic carbocycles. The summed E-state index contributed by atoms with van der Waals surface area (Å²) in [5.74, 6) is -8.25. The lowest BCUT2D eigenvalue weighted by Crippen LogP contribution is -2.50. The van der Waals surface area contributed by atoms with Gasteiger partial charge in [0, 0.05) is 24.5 Å². The van der Waals surface area contributed by atoms with Crippen molar-refractivity contribution in [3.05, 3.63) is 132 Å². The Kier molecular flexibility index (Phi) is 12.5. The second-order valence-electron chi connectivity index (χ2n) is 11.1. The number of rotatable bonds is 16. The van der Waals surface area contributed by atoms with Gasteiger partial charge in [0.2, 0.25) is 5.91 Å². The number of alkyl halides is 9. The lowest BCUT2D eigenvalue weighted by Gasteiger charge is -2.34. The first-order chi connectivity index (χ1) is 22.8. The lowest BCUT2D eigenvalue weighted by molar-refractivity contribution is -0.274. The summed E-state index contributed by atoms with van der Waals surface area (Å²) in [4.78, 5) is 13.5. The number of allylic oxidation sites excluding steroid dienone is 8. The molecule has 0 aliphatic heterocycles. The van der Waals surface area contributed by atoms with E-state index in [1.54, 1.807) is 30.3 Å². The van der Waals surface area contributed by atoms with E-state index in [4.69, 9.17) is 4.74 Å². The van der Waals surface area contributed by atoms with Gasteiger partial charge in [0.1, 0.15) is 11.6 Å². The Hall–Kier alpha value is -4.56. The number of benzene rings is 1. The van der Waals surface area contributed by atoms with Gasteiger partial charge < -0.3 is 14.8 Å². The molecule has 0 aromatic heterocycles. The molecule has 2 atom stereocenters. The highest BCUT2D eigenvalue weighted by atomic mass is 19.4. The second-order valence-corrected chi connectivity index (χ2v) is 11.1. The quantitative estimate of drug-likeness (QED) is 0.106. The Bertz CT molecular complexity index is 1570. The van der Waals surface area contributed by atoms with Gasteiger partial charge in [-0.25, -0.2) is 17.6 Å². The topological polar surface area (TPSA) is 47.6 Å². The van der Waals surface area contributed by atoms with Crippen molar-refractivity contribution in [2.45, 2.75) is 55.9 Å². The summed E-state index contributed by atoms with van der Waals surface area (Å²) in [6.45, 7) is 6.56. The van der Waals surface area contributed by atoms with Crippen molar-refractivity contribution in [2.75, 3.05) is 6.61 Å². The van der Waals surface area contributed by atoms with Crippen molar-refractivity contribution in [2.24, 2.45) is 5.92 Å². The van der Waals surface area contributed by atoms with Crippen molar-refractivity contribution in [1.82, 2.24) is 5.32 Å². The van der Waals surface area contributed by atoms with Crippen LogP contribution in [0.5, 0.6) is 0 Å². The number of hydrogen-bond acceptors (Lipinski definition) is 3. The van der Waals surface area contributed by atoms with E-state index in [2.05, 4.69) is 23.2 Å². The third-order valence-electron chi connectivity index (χ3n) is 7.28. The molecule has 0 bridgehead atoms. The fraction of sp³-hybridized carbons (Fsp3) is 0.324. The molecule has 15 heteroatoms. The number of ether oxygens (including phenoxy) is 2. The van der Waals surface area contributed by atoms with Gasteiger partial charge >= 0.3 is 18.7 Å². The predicted octanol–water partition coefficient (Wildman–Crippen LogP) is 9.69. The van der Waals surface area contributed by atoms with Gasteiger partial charge in [-0.1, -0.05) is 61.7 Å². The van der Waals surface area contributed by atoms with Crippen LogP contribution >= 0.6 is 0 Å². The fourth-order valence-electron chi connectivity index (χ4n) is 4.42. The molecule has 1 N–H and O–H groups in total. The monoisotopic (exact) mass is 709 g/mol. The number of carbonyl (C=O) groups excluding carboxylic acids is 1. The third-order valence-corrected chi connectivity index (χ3v) is 7.28. The summed E-state index contributed by atoms with van der Waals surface area (Å²) in [6, 6.07) is 7.93. The van der Waals surface area contributed by atoms with E-state index < -0.39 is 78.0 Å². The maximum absolute atomic E-state index is 14.9. The number of hydrogen-bond donors (Lipinski definition) is 1. The Morgan fingerprint density at radius 3 is 2.33 bits per heavy atom. The summed E-state index contributed by atoms with van der Waals surface area (Å²) in [5, 5.41) is 2.52. The molecule has 49 heavy (non-hydrogen) atoms. The van der Waals surface area contributed by atoms with E-state index in [0.717, 1.165) is 24.3 Å². The third kappa shape index (κ3) is 11.2. The molecule has 1 fully saturated rings. The number of carbonyl (C=O) groups is 1. The minimum Gasteiger partial charge on any atom is -0.491 e. The molecule has 1 unspecified atom stereocenters. The van der Waals surface area contributed by atoms with E-state index in [9.17, 15) is 53.1 Å². The zero-order valence-corrected chi connectivity index (χ0v) is 25.5. The number of amides is 1. The molecule has 1 aromatic rings. The van der Waals surface area contributed by atoms with Gasteiger partial charge in [-0.05, 0) is 42.2 Å². The average molecular weight is 710 g/mol. The molecule has 0 spiro atoms. The zero-order valence-electron chi connectivity index (χ0n) is 25.5. The number of halogens is 11. The molecular weight excluding hydrogens is 679 g/mol. The van der Waals surface area contributed by atoms with Gasteiger partial charge in [-0.15, -0.1) is 0 Å². The van der Waals surface area contributed by atoms with Crippen LogP contribution in [0.2, 0.25) is 0 Å².